The van der Waals surface area contributed by atoms with Gasteiger partial charge in [0.05, 0.1) is 5.52 Å². The van der Waals surface area contributed by atoms with Crippen LogP contribution in [0, 0.1) is 5.92 Å². The van der Waals surface area contributed by atoms with E-state index in [4.69, 9.17) is 15.5 Å². The lowest BCUT2D eigenvalue weighted by atomic mass is 9.89. The normalized spacial score (nSPS) is 18.6. The number of nitrogens with two attached hydrogens (primary N) is 1. The first-order valence-corrected chi connectivity index (χ1v) is 7.01. The molecule has 1 fully saturated rings. The Morgan fingerprint density at radius 2 is 1.95 bits per heavy atom. The van der Waals surface area contributed by atoms with Gasteiger partial charge in [0.15, 0.2) is 0 Å². The zero-order valence-electron chi connectivity index (χ0n) is 11.1. The number of ether oxygens (including phenoxy) is 1. The third-order valence-corrected chi connectivity index (χ3v) is 3.97. The van der Waals surface area contributed by atoms with Crippen molar-refractivity contribution in [2.75, 3.05) is 13.2 Å². The van der Waals surface area contributed by atoms with Gasteiger partial charge in [-0.1, -0.05) is 24.3 Å². The fourth-order valence-corrected chi connectivity index (χ4v) is 2.77. The smallest absolute Gasteiger partial charge is 0.0705 e. The molecule has 2 aromatic rings. The molecule has 0 bridgehead atoms. The Morgan fingerprint density at radius 1 is 1.16 bits per heavy atom. The molecule has 3 rings (SSSR count). The molecule has 1 aliphatic rings. The van der Waals surface area contributed by atoms with Crippen molar-refractivity contribution in [3.05, 3.63) is 42.1 Å². The second-order valence-electron chi connectivity index (χ2n) is 5.31. The number of fused-ring (bicyclic) bond motifs is 1. The van der Waals surface area contributed by atoms with Crippen LogP contribution in [0.15, 0.2) is 36.4 Å². The molecule has 1 aromatic heterocycles. The summed E-state index contributed by atoms with van der Waals surface area (Å²) in [4.78, 5) is 4.70. The number of pyridine rings is 1. The minimum absolute atomic E-state index is 0.192. The SMILES string of the molecule is NC(Cc1ccc2ccccc2n1)C1CCOCC1. The molecule has 0 amide bonds. The van der Waals surface area contributed by atoms with E-state index in [1.165, 1.54) is 5.39 Å². The van der Waals surface area contributed by atoms with Gasteiger partial charge in [-0.25, -0.2) is 0 Å². The summed E-state index contributed by atoms with van der Waals surface area (Å²) in [5.74, 6) is 0.571. The van der Waals surface area contributed by atoms with Crippen LogP contribution in [0.5, 0.6) is 0 Å². The molecule has 0 aliphatic carbocycles. The molecule has 3 nitrogen and oxygen atoms in total. The second-order valence-corrected chi connectivity index (χ2v) is 5.31. The Kier molecular flexibility index (Phi) is 3.76. The zero-order valence-corrected chi connectivity index (χ0v) is 11.1. The average Bonchev–Trinajstić information content (AvgIpc) is 2.48. The molecule has 100 valence electrons. The molecule has 0 saturated carbocycles. The lowest BCUT2D eigenvalue weighted by molar-refractivity contribution is 0.0584. The molecule has 1 unspecified atom stereocenters. The number of para-hydroxylation sites is 1. The van der Waals surface area contributed by atoms with Gasteiger partial charge >= 0.3 is 0 Å². The van der Waals surface area contributed by atoms with Gasteiger partial charge in [0, 0.05) is 36.8 Å². The van der Waals surface area contributed by atoms with E-state index in [2.05, 4.69) is 24.3 Å². The number of hydrogen-bond acceptors (Lipinski definition) is 3. The monoisotopic (exact) mass is 256 g/mol. The molecule has 0 spiro atoms. The highest BCUT2D eigenvalue weighted by molar-refractivity contribution is 5.78. The van der Waals surface area contributed by atoms with Gasteiger partial charge in [-0.3, -0.25) is 4.98 Å². The predicted molar refractivity (Wildman–Crippen MR) is 77.0 cm³/mol. The molecule has 1 atom stereocenters. The number of hydrogen-bond donors (Lipinski definition) is 1. The van der Waals surface area contributed by atoms with E-state index < -0.39 is 0 Å². The van der Waals surface area contributed by atoms with Crippen molar-refractivity contribution >= 4 is 10.9 Å². The lowest BCUT2D eigenvalue weighted by Gasteiger charge is -2.27. The molecule has 2 N–H and O–H groups in total. The van der Waals surface area contributed by atoms with Crippen molar-refractivity contribution in [3.63, 3.8) is 0 Å². The minimum atomic E-state index is 0.192. The third-order valence-electron chi connectivity index (χ3n) is 3.97. The molecular weight excluding hydrogens is 236 g/mol. The lowest BCUT2D eigenvalue weighted by Crippen LogP contribution is -2.36. The summed E-state index contributed by atoms with van der Waals surface area (Å²) in [6.45, 7) is 1.70. The fourth-order valence-electron chi connectivity index (χ4n) is 2.77. The summed E-state index contributed by atoms with van der Waals surface area (Å²) in [7, 11) is 0. The molecule has 0 radical (unpaired) electrons. The summed E-state index contributed by atoms with van der Waals surface area (Å²) in [5, 5.41) is 1.19. The van der Waals surface area contributed by atoms with Crippen molar-refractivity contribution in [3.8, 4) is 0 Å². The van der Waals surface area contributed by atoms with Crippen molar-refractivity contribution in [1.29, 1.82) is 0 Å². The van der Waals surface area contributed by atoms with Crippen molar-refractivity contribution in [2.24, 2.45) is 11.7 Å². The summed E-state index contributed by atoms with van der Waals surface area (Å²) in [5.41, 5.74) is 8.48. The van der Waals surface area contributed by atoms with Crippen LogP contribution in [0.25, 0.3) is 10.9 Å². The molecule has 1 aromatic carbocycles. The van der Waals surface area contributed by atoms with Crippen LogP contribution in [0.4, 0.5) is 0 Å². The molecule has 1 aliphatic heterocycles. The van der Waals surface area contributed by atoms with Gasteiger partial charge in [-0.2, -0.15) is 0 Å². The average molecular weight is 256 g/mol. The highest BCUT2D eigenvalue weighted by Gasteiger charge is 2.21. The molecule has 1 saturated heterocycles. The highest BCUT2D eigenvalue weighted by atomic mass is 16.5. The molecule has 3 heteroatoms. The van der Waals surface area contributed by atoms with Crippen LogP contribution in [0.1, 0.15) is 18.5 Å². The quantitative estimate of drug-likeness (QED) is 0.918. The fraction of sp³-hybridized carbons (Fsp3) is 0.438. The van der Waals surface area contributed by atoms with Crippen LogP contribution in [-0.2, 0) is 11.2 Å². The van der Waals surface area contributed by atoms with Crippen LogP contribution < -0.4 is 5.73 Å². The van der Waals surface area contributed by atoms with E-state index in [0.29, 0.717) is 5.92 Å². The maximum atomic E-state index is 6.33. The van der Waals surface area contributed by atoms with Crippen LogP contribution in [0.3, 0.4) is 0 Å². The van der Waals surface area contributed by atoms with E-state index in [-0.39, 0.29) is 6.04 Å². The standard InChI is InChI=1S/C16H20N2O/c17-15(12-7-9-19-10-8-12)11-14-6-5-13-3-1-2-4-16(13)18-14/h1-6,12,15H,7-11,17H2. The first-order valence-electron chi connectivity index (χ1n) is 7.01. The van der Waals surface area contributed by atoms with Gasteiger partial charge in [0.25, 0.3) is 0 Å². The Hall–Kier alpha value is -1.45. The maximum Gasteiger partial charge on any atom is 0.0705 e. The van der Waals surface area contributed by atoms with Gasteiger partial charge in [0.2, 0.25) is 0 Å². The van der Waals surface area contributed by atoms with E-state index in [0.717, 1.165) is 43.7 Å². The van der Waals surface area contributed by atoms with Gasteiger partial charge in [0.1, 0.15) is 0 Å². The minimum Gasteiger partial charge on any atom is -0.381 e. The summed E-state index contributed by atoms with van der Waals surface area (Å²) in [6, 6.07) is 12.6. The van der Waals surface area contributed by atoms with Crippen LogP contribution in [0.2, 0.25) is 0 Å². The van der Waals surface area contributed by atoms with Crippen molar-refractivity contribution in [1.82, 2.24) is 4.98 Å². The first kappa shape index (κ1) is 12.6. The van der Waals surface area contributed by atoms with E-state index >= 15 is 0 Å². The van der Waals surface area contributed by atoms with Gasteiger partial charge in [-0.05, 0) is 30.9 Å². The Balaban J connectivity index is 1.73. The largest absolute Gasteiger partial charge is 0.381 e. The molecular formula is C16H20N2O. The van der Waals surface area contributed by atoms with Gasteiger partial charge in [-0.15, -0.1) is 0 Å². The number of benzene rings is 1. The molecule has 19 heavy (non-hydrogen) atoms. The van der Waals surface area contributed by atoms with E-state index in [9.17, 15) is 0 Å². The van der Waals surface area contributed by atoms with Crippen LogP contribution in [-0.4, -0.2) is 24.2 Å². The number of nitrogens with zero attached hydrogens (tertiary/aromatic N) is 1. The van der Waals surface area contributed by atoms with Crippen molar-refractivity contribution in [2.45, 2.75) is 25.3 Å². The van der Waals surface area contributed by atoms with E-state index in [1.807, 2.05) is 12.1 Å². The number of aromatic nitrogens is 1. The third kappa shape index (κ3) is 2.94. The highest BCUT2D eigenvalue weighted by Crippen LogP contribution is 2.20. The zero-order chi connectivity index (χ0) is 13.1. The van der Waals surface area contributed by atoms with Gasteiger partial charge < -0.3 is 10.5 Å². The Labute approximate surface area is 113 Å². The first-order chi connectivity index (χ1) is 9.33. The molecule has 2 heterocycles. The second kappa shape index (κ2) is 5.68. The van der Waals surface area contributed by atoms with Crippen molar-refractivity contribution < 1.29 is 4.74 Å². The summed E-state index contributed by atoms with van der Waals surface area (Å²) in [6.07, 6.45) is 3.01. The van der Waals surface area contributed by atoms with E-state index in [1.54, 1.807) is 0 Å². The summed E-state index contributed by atoms with van der Waals surface area (Å²) < 4.78 is 5.39. The Bertz CT molecular complexity index is 549. The van der Waals surface area contributed by atoms with Crippen LogP contribution >= 0.6 is 0 Å². The maximum absolute atomic E-state index is 6.33. The predicted octanol–water partition coefficient (Wildman–Crippen LogP) is 2.53. The Morgan fingerprint density at radius 3 is 2.79 bits per heavy atom. The summed E-state index contributed by atoms with van der Waals surface area (Å²) >= 11 is 0. The number of rotatable bonds is 3. The topological polar surface area (TPSA) is 48.1 Å².